The Kier molecular flexibility index (Phi) is 5.15. The number of aryl methyl sites for hydroxylation is 4. The lowest BCUT2D eigenvalue weighted by Gasteiger charge is -2.15. The van der Waals surface area contributed by atoms with Gasteiger partial charge in [-0.05, 0) is 74.6 Å². The Labute approximate surface area is 139 Å². The van der Waals surface area contributed by atoms with E-state index in [1.165, 1.54) is 0 Å². The number of hydrogen-bond acceptors (Lipinski definition) is 3. The van der Waals surface area contributed by atoms with Crippen molar-refractivity contribution in [2.75, 3.05) is 6.61 Å². The van der Waals surface area contributed by atoms with E-state index in [2.05, 4.69) is 6.92 Å². The molecule has 2 rings (SSSR count). The second kappa shape index (κ2) is 6.75. The summed E-state index contributed by atoms with van der Waals surface area (Å²) in [6.45, 7) is 10.0. The maximum absolute atomic E-state index is 13.1. The molecule has 0 aliphatic rings. The van der Waals surface area contributed by atoms with Crippen molar-refractivity contribution in [3.8, 4) is 5.75 Å². The first-order valence-corrected chi connectivity index (χ1v) is 9.38. The van der Waals surface area contributed by atoms with Gasteiger partial charge in [-0.15, -0.1) is 0 Å². The molecule has 0 N–H and O–H groups in total. The van der Waals surface area contributed by atoms with Crippen LogP contribution >= 0.6 is 0 Å². The summed E-state index contributed by atoms with van der Waals surface area (Å²) in [5.41, 5.74) is 3.36. The van der Waals surface area contributed by atoms with Gasteiger partial charge in [-0.1, -0.05) is 19.1 Å². The highest BCUT2D eigenvalue weighted by molar-refractivity contribution is 7.91. The van der Waals surface area contributed by atoms with Crippen LogP contribution in [0.15, 0.2) is 40.1 Å². The van der Waals surface area contributed by atoms with Gasteiger partial charge in [0.15, 0.2) is 0 Å². The molecular formula is C19H24O3S. The molecule has 0 unspecified atom stereocenters. The van der Waals surface area contributed by atoms with Gasteiger partial charge >= 0.3 is 0 Å². The fourth-order valence-electron chi connectivity index (χ4n) is 2.93. The molecular weight excluding hydrogens is 308 g/mol. The van der Waals surface area contributed by atoms with Crippen molar-refractivity contribution in [1.82, 2.24) is 0 Å². The number of sulfone groups is 1. The monoisotopic (exact) mass is 332 g/mol. The summed E-state index contributed by atoms with van der Waals surface area (Å²) < 4.78 is 31.7. The smallest absolute Gasteiger partial charge is 0.207 e. The van der Waals surface area contributed by atoms with E-state index in [-0.39, 0.29) is 0 Å². The van der Waals surface area contributed by atoms with Crippen molar-refractivity contribution < 1.29 is 13.2 Å². The molecule has 2 aromatic rings. The van der Waals surface area contributed by atoms with Crippen LogP contribution in [0, 0.1) is 20.8 Å². The quantitative estimate of drug-likeness (QED) is 0.815. The Morgan fingerprint density at radius 1 is 0.913 bits per heavy atom. The van der Waals surface area contributed by atoms with E-state index in [0.717, 1.165) is 17.5 Å². The van der Waals surface area contributed by atoms with E-state index < -0.39 is 9.84 Å². The highest BCUT2D eigenvalue weighted by Crippen LogP contribution is 2.32. The van der Waals surface area contributed by atoms with Gasteiger partial charge in [0.2, 0.25) is 9.84 Å². The molecule has 124 valence electrons. The molecule has 0 saturated heterocycles. The minimum atomic E-state index is -3.54. The molecule has 0 amide bonds. The van der Waals surface area contributed by atoms with Gasteiger partial charge in [0, 0.05) is 0 Å². The van der Waals surface area contributed by atoms with Crippen LogP contribution < -0.4 is 4.74 Å². The molecule has 0 heterocycles. The van der Waals surface area contributed by atoms with Crippen LogP contribution in [-0.4, -0.2) is 15.0 Å². The number of rotatable bonds is 5. The summed E-state index contributed by atoms with van der Waals surface area (Å²) in [5, 5.41) is 0. The molecule has 0 radical (unpaired) electrons. The van der Waals surface area contributed by atoms with E-state index >= 15 is 0 Å². The second-order valence-electron chi connectivity index (χ2n) is 5.78. The Morgan fingerprint density at radius 3 is 2.00 bits per heavy atom. The molecule has 0 aliphatic heterocycles. The van der Waals surface area contributed by atoms with Crippen molar-refractivity contribution in [1.29, 1.82) is 0 Å². The normalized spacial score (nSPS) is 11.5. The molecule has 4 heteroatoms. The van der Waals surface area contributed by atoms with Gasteiger partial charge in [0.05, 0.1) is 16.4 Å². The minimum Gasteiger partial charge on any atom is -0.494 e. The molecule has 0 aromatic heterocycles. The Hall–Kier alpha value is -1.81. The molecule has 0 saturated carbocycles. The number of hydrogen-bond donors (Lipinski definition) is 0. The van der Waals surface area contributed by atoms with Crippen molar-refractivity contribution in [2.45, 2.75) is 50.8 Å². The zero-order chi connectivity index (χ0) is 17.2. The summed E-state index contributed by atoms with van der Waals surface area (Å²) in [4.78, 5) is 0.762. The first kappa shape index (κ1) is 17.5. The molecule has 0 atom stereocenters. The van der Waals surface area contributed by atoms with E-state index in [1.807, 2.05) is 39.8 Å². The van der Waals surface area contributed by atoms with Crippen LogP contribution in [0.2, 0.25) is 0 Å². The van der Waals surface area contributed by atoms with Crippen molar-refractivity contribution >= 4 is 9.84 Å². The summed E-state index contributed by atoms with van der Waals surface area (Å²) in [6, 6.07) is 9.14. The van der Waals surface area contributed by atoms with E-state index in [4.69, 9.17) is 4.74 Å². The second-order valence-corrected chi connectivity index (χ2v) is 7.63. The van der Waals surface area contributed by atoms with E-state index in [1.54, 1.807) is 18.2 Å². The van der Waals surface area contributed by atoms with Gasteiger partial charge < -0.3 is 4.74 Å². The molecule has 3 nitrogen and oxygen atoms in total. The summed E-state index contributed by atoms with van der Waals surface area (Å²) in [5.74, 6) is 0.708. The first-order valence-electron chi connectivity index (χ1n) is 7.89. The molecule has 0 bridgehead atoms. The van der Waals surface area contributed by atoms with Gasteiger partial charge in [-0.2, -0.15) is 0 Å². The van der Waals surface area contributed by atoms with E-state index in [0.29, 0.717) is 33.3 Å². The van der Waals surface area contributed by atoms with Crippen LogP contribution in [0.5, 0.6) is 5.75 Å². The maximum Gasteiger partial charge on any atom is 0.207 e. The van der Waals surface area contributed by atoms with Gasteiger partial charge in [0.25, 0.3) is 0 Å². The van der Waals surface area contributed by atoms with Gasteiger partial charge in [-0.25, -0.2) is 8.42 Å². The fraction of sp³-hybridized carbons (Fsp3) is 0.368. The topological polar surface area (TPSA) is 43.4 Å². The zero-order valence-electron chi connectivity index (χ0n) is 14.4. The molecule has 0 spiro atoms. The Balaban J connectivity index is 2.61. The largest absolute Gasteiger partial charge is 0.494 e. The van der Waals surface area contributed by atoms with Crippen LogP contribution in [0.25, 0.3) is 0 Å². The summed E-state index contributed by atoms with van der Waals surface area (Å²) in [6.07, 6.45) is 0.891. The lowest BCUT2D eigenvalue weighted by Crippen LogP contribution is -2.09. The minimum absolute atomic E-state index is 0.380. The highest BCUT2D eigenvalue weighted by Gasteiger charge is 2.24. The third-order valence-electron chi connectivity index (χ3n) is 3.95. The van der Waals surface area contributed by atoms with Crippen LogP contribution in [0.4, 0.5) is 0 Å². The Morgan fingerprint density at radius 2 is 1.52 bits per heavy atom. The highest BCUT2D eigenvalue weighted by atomic mass is 32.2. The lowest BCUT2D eigenvalue weighted by molar-refractivity contribution is 0.339. The lowest BCUT2D eigenvalue weighted by atomic mass is 10.1. The number of benzene rings is 2. The van der Waals surface area contributed by atoms with Crippen LogP contribution in [0.3, 0.4) is 0 Å². The Bertz CT molecular complexity index is 797. The van der Waals surface area contributed by atoms with E-state index in [9.17, 15) is 8.42 Å². The van der Waals surface area contributed by atoms with Gasteiger partial charge in [-0.3, -0.25) is 0 Å². The number of ether oxygens (including phenoxy) is 1. The predicted molar refractivity (Wildman–Crippen MR) is 93.1 cm³/mol. The molecule has 0 fully saturated rings. The predicted octanol–water partition coefficient (Wildman–Crippen LogP) is 4.41. The fourth-order valence-corrected chi connectivity index (χ4v) is 4.84. The van der Waals surface area contributed by atoms with Crippen LogP contribution in [-0.2, 0) is 16.3 Å². The van der Waals surface area contributed by atoms with Crippen molar-refractivity contribution in [3.63, 3.8) is 0 Å². The third-order valence-corrected chi connectivity index (χ3v) is 6.17. The van der Waals surface area contributed by atoms with Gasteiger partial charge in [0.1, 0.15) is 5.75 Å². The summed E-state index contributed by atoms with van der Waals surface area (Å²) >= 11 is 0. The first-order chi connectivity index (χ1) is 10.8. The molecule has 0 aliphatic carbocycles. The third kappa shape index (κ3) is 3.42. The average Bonchev–Trinajstić information content (AvgIpc) is 2.46. The van der Waals surface area contributed by atoms with Crippen molar-refractivity contribution in [2.24, 2.45) is 0 Å². The standard InChI is InChI=1S/C19H24O3S/c1-6-16-8-9-18(13(3)10-16)23(20,21)19-14(4)11-17(22-7-2)12-15(19)5/h8-12H,6-7H2,1-5H3. The molecule has 23 heavy (non-hydrogen) atoms. The summed E-state index contributed by atoms with van der Waals surface area (Å²) in [7, 11) is -3.54. The SMILES string of the molecule is CCOc1cc(C)c(S(=O)(=O)c2ccc(CC)cc2C)c(C)c1. The zero-order valence-corrected chi connectivity index (χ0v) is 15.3. The van der Waals surface area contributed by atoms with Crippen LogP contribution in [0.1, 0.15) is 36.1 Å². The van der Waals surface area contributed by atoms with Crippen molar-refractivity contribution in [3.05, 3.63) is 52.6 Å². The molecule has 2 aromatic carbocycles. The average molecular weight is 332 g/mol. The maximum atomic E-state index is 13.1.